The molecule has 1 aromatic carbocycles. The first-order valence-electron chi connectivity index (χ1n) is 8.63. The lowest BCUT2D eigenvalue weighted by atomic mass is 10.1. The molecule has 136 valence electrons. The highest BCUT2D eigenvalue weighted by Crippen LogP contribution is 2.11. The van der Waals surface area contributed by atoms with Crippen molar-refractivity contribution in [2.75, 3.05) is 13.7 Å². The van der Waals surface area contributed by atoms with Crippen LogP contribution in [0.5, 0.6) is 0 Å². The second kappa shape index (κ2) is 9.22. The number of benzene rings is 1. The van der Waals surface area contributed by atoms with Gasteiger partial charge in [0.15, 0.2) is 5.96 Å². The number of nitrogens with zero attached hydrogens (tertiary/aromatic N) is 3. The minimum Gasteiger partial charge on any atom is -0.380 e. The highest BCUT2D eigenvalue weighted by Gasteiger charge is 2.09. The standard InChI is InChI=1S/C19H29N5O/c1-6-20-19(22-12-18-14(2)23-24(4)15(18)3)21-11-16-7-9-17(10-8-16)13-25-5/h7-10H,6,11-13H2,1-5H3,(H2,20,21,22). The molecule has 0 aliphatic heterocycles. The molecule has 0 spiro atoms. The van der Waals surface area contributed by atoms with E-state index in [0.717, 1.165) is 18.2 Å². The molecule has 2 aromatic rings. The first kappa shape index (κ1) is 19.0. The molecule has 0 unspecified atom stereocenters. The average molecular weight is 343 g/mol. The van der Waals surface area contributed by atoms with E-state index in [-0.39, 0.29) is 0 Å². The second-order valence-electron chi connectivity index (χ2n) is 6.07. The molecule has 1 heterocycles. The molecule has 6 heteroatoms. The van der Waals surface area contributed by atoms with Gasteiger partial charge in [-0.25, -0.2) is 4.99 Å². The van der Waals surface area contributed by atoms with Crippen LogP contribution < -0.4 is 10.6 Å². The van der Waals surface area contributed by atoms with Crippen molar-refractivity contribution in [2.45, 2.75) is 40.5 Å². The Hall–Kier alpha value is -2.34. The Bertz CT molecular complexity index is 703. The fraction of sp³-hybridized carbons (Fsp3) is 0.474. The van der Waals surface area contributed by atoms with Crippen LogP contribution in [0.3, 0.4) is 0 Å². The molecule has 2 rings (SSSR count). The normalized spacial score (nSPS) is 11.6. The maximum atomic E-state index is 5.14. The Morgan fingerprint density at radius 3 is 2.40 bits per heavy atom. The molecule has 6 nitrogen and oxygen atoms in total. The molecule has 0 aliphatic rings. The first-order valence-corrected chi connectivity index (χ1v) is 8.63. The van der Waals surface area contributed by atoms with Gasteiger partial charge >= 0.3 is 0 Å². The molecule has 25 heavy (non-hydrogen) atoms. The molecule has 2 N–H and O–H groups in total. The van der Waals surface area contributed by atoms with Crippen molar-refractivity contribution >= 4 is 5.96 Å². The van der Waals surface area contributed by atoms with Gasteiger partial charge in [0, 0.05) is 38.5 Å². The van der Waals surface area contributed by atoms with Crippen LogP contribution in [0.2, 0.25) is 0 Å². The molecule has 0 fully saturated rings. The average Bonchev–Trinajstić information content (AvgIpc) is 2.84. The number of nitrogens with one attached hydrogen (secondary N) is 2. The molecule has 0 aliphatic carbocycles. The third-order valence-corrected chi connectivity index (χ3v) is 4.19. The summed E-state index contributed by atoms with van der Waals surface area (Å²) in [7, 11) is 3.68. The number of aliphatic imine (C=N–C) groups is 1. The predicted molar refractivity (Wildman–Crippen MR) is 101 cm³/mol. The van der Waals surface area contributed by atoms with Gasteiger partial charge in [0.1, 0.15) is 0 Å². The predicted octanol–water partition coefficient (Wildman–Crippen LogP) is 2.44. The van der Waals surface area contributed by atoms with Crippen LogP contribution in [0.15, 0.2) is 29.3 Å². The summed E-state index contributed by atoms with van der Waals surface area (Å²) < 4.78 is 7.05. The molecular formula is C19H29N5O. The van der Waals surface area contributed by atoms with Crippen LogP contribution in [0, 0.1) is 13.8 Å². The monoisotopic (exact) mass is 343 g/mol. The fourth-order valence-electron chi connectivity index (χ4n) is 2.67. The van der Waals surface area contributed by atoms with Crippen molar-refractivity contribution in [1.82, 2.24) is 20.4 Å². The number of methoxy groups -OCH3 is 1. The van der Waals surface area contributed by atoms with Crippen LogP contribution in [-0.2, 0) is 31.5 Å². The van der Waals surface area contributed by atoms with Crippen LogP contribution in [0.25, 0.3) is 0 Å². The summed E-state index contributed by atoms with van der Waals surface area (Å²) in [5, 5.41) is 11.1. The van der Waals surface area contributed by atoms with Gasteiger partial charge in [-0.3, -0.25) is 4.68 Å². The molecular weight excluding hydrogens is 314 g/mol. The van der Waals surface area contributed by atoms with E-state index >= 15 is 0 Å². The minimum atomic E-state index is 0.633. The molecule has 0 bridgehead atoms. The largest absolute Gasteiger partial charge is 0.380 e. The molecule has 0 atom stereocenters. The number of hydrogen-bond donors (Lipinski definition) is 2. The first-order chi connectivity index (χ1) is 12.0. The zero-order chi connectivity index (χ0) is 18.2. The Morgan fingerprint density at radius 2 is 1.84 bits per heavy atom. The van der Waals surface area contributed by atoms with E-state index in [4.69, 9.17) is 4.74 Å². The quantitative estimate of drug-likeness (QED) is 0.599. The fourth-order valence-corrected chi connectivity index (χ4v) is 2.67. The minimum absolute atomic E-state index is 0.633. The maximum Gasteiger partial charge on any atom is 0.191 e. The van der Waals surface area contributed by atoms with E-state index in [9.17, 15) is 0 Å². The number of hydrogen-bond acceptors (Lipinski definition) is 3. The summed E-state index contributed by atoms with van der Waals surface area (Å²) in [4.78, 5) is 4.68. The van der Waals surface area contributed by atoms with Crippen LogP contribution >= 0.6 is 0 Å². The number of guanidine groups is 1. The van der Waals surface area contributed by atoms with Gasteiger partial charge in [0.05, 0.1) is 18.8 Å². The highest BCUT2D eigenvalue weighted by atomic mass is 16.5. The van der Waals surface area contributed by atoms with Crippen LogP contribution in [0.4, 0.5) is 0 Å². The van der Waals surface area contributed by atoms with Gasteiger partial charge in [-0.05, 0) is 31.9 Å². The van der Waals surface area contributed by atoms with E-state index in [2.05, 4.69) is 58.8 Å². The van der Waals surface area contributed by atoms with E-state index in [1.165, 1.54) is 22.4 Å². The number of aryl methyl sites for hydroxylation is 2. The zero-order valence-corrected chi connectivity index (χ0v) is 15.9. The van der Waals surface area contributed by atoms with Gasteiger partial charge in [-0.1, -0.05) is 24.3 Å². The summed E-state index contributed by atoms with van der Waals surface area (Å²) in [6, 6.07) is 8.35. The van der Waals surface area contributed by atoms with Crippen LogP contribution in [0.1, 0.15) is 35.0 Å². The Kier molecular flexibility index (Phi) is 7.01. The summed E-state index contributed by atoms with van der Waals surface area (Å²) >= 11 is 0. The van der Waals surface area contributed by atoms with Crippen molar-refractivity contribution < 1.29 is 4.74 Å². The van der Waals surface area contributed by atoms with E-state index in [1.54, 1.807) is 7.11 Å². The maximum absolute atomic E-state index is 5.14. The van der Waals surface area contributed by atoms with Gasteiger partial charge in [0.25, 0.3) is 0 Å². The number of rotatable bonds is 7. The lowest BCUT2D eigenvalue weighted by Gasteiger charge is -2.12. The molecule has 0 amide bonds. The summed E-state index contributed by atoms with van der Waals surface area (Å²) in [6.45, 7) is 8.99. The van der Waals surface area contributed by atoms with Crippen molar-refractivity contribution in [2.24, 2.45) is 12.0 Å². The van der Waals surface area contributed by atoms with Crippen molar-refractivity contribution in [3.8, 4) is 0 Å². The van der Waals surface area contributed by atoms with Crippen molar-refractivity contribution in [3.05, 3.63) is 52.3 Å². The van der Waals surface area contributed by atoms with Gasteiger partial charge in [-0.15, -0.1) is 0 Å². The van der Waals surface area contributed by atoms with E-state index in [1.807, 2.05) is 18.7 Å². The van der Waals surface area contributed by atoms with E-state index < -0.39 is 0 Å². The Balaban J connectivity index is 2.00. The lowest BCUT2D eigenvalue weighted by molar-refractivity contribution is 0.185. The Morgan fingerprint density at radius 1 is 1.16 bits per heavy atom. The Labute approximate surface area is 150 Å². The highest BCUT2D eigenvalue weighted by molar-refractivity contribution is 5.79. The SMILES string of the molecule is CCNC(=NCc1ccc(COC)cc1)NCc1c(C)nn(C)c1C. The van der Waals surface area contributed by atoms with Gasteiger partial charge in [0.2, 0.25) is 0 Å². The van der Waals surface area contributed by atoms with Gasteiger partial charge in [-0.2, -0.15) is 5.10 Å². The second-order valence-corrected chi connectivity index (χ2v) is 6.07. The number of ether oxygens (including phenoxy) is 1. The number of aromatic nitrogens is 2. The molecule has 0 saturated heterocycles. The smallest absolute Gasteiger partial charge is 0.191 e. The zero-order valence-electron chi connectivity index (χ0n) is 15.9. The summed E-state index contributed by atoms with van der Waals surface area (Å²) in [5.74, 6) is 0.811. The van der Waals surface area contributed by atoms with Crippen molar-refractivity contribution in [1.29, 1.82) is 0 Å². The third kappa shape index (κ3) is 5.32. The van der Waals surface area contributed by atoms with E-state index in [0.29, 0.717) is 19.7 Å². The molecule has 0 saturated carbocycles. The lowest BCUT2D eigenvalue weighted by Crippen LogP contribution is -2.37. The molecule has 0 radical (unpaired) electrons. The summed E-state index contributed by atoms with van der Waals surface area (Å²) in [5.41, 5.74) is 5.79. The van der Waals surface area contributed by atoms with Crippen molar-refractivity contribution in [3.63, 3.8) is 0 Å². The van der Waals surface area contributed by atoms with Crippen LogP contribution in [-0.4, -0.2) is 29.4 Å². The summed E-state index contributed by atoms with van der Waals surface area (Å²) in [6.07, 6.45) is 0. The molecule has 1 aromatic heterocycles. The topological polar surface area (TPSA) is 63.5 Å². The van der Waals surface area contributed by atoms with Gasteiger partial charge < -0.3 is 15.4 Å². The third-order valence-electron chi connectivity index (χ3n) is 4.19.